The number of aryl methyl sites for hydroxylation is 1. The SMILES string of the molecule is Cc1c[nH]c(=O)n(CC2CSC(P(=O)(O)O)O2)c1=O. The number of ether oxygens (including phenoxy) is 1. The van der Waals surface area contributed by atoms with Gasteiger partial charge in [-0.2, -0.15) is 0 Å². The maximum absolute atomic E-state index is 11.8. The molecule has 0 aromatic carbocycles. The first kappa shape index (κ1) is 14.5. The fourth-order valence-corrected chi connectivity index (χ4v) is 3.85. The van der Waals surface area contributed by atoms with E-state index in [1.54, 1.807) is 6.92 Å². The molecular weight excluding hydrogens is 295 g/mol. The van der Waals surface area contributed by atoms with Crippen LogP contribution in [0.2, 0.25) is 0 Å². The van der Waals surface area contributed by atoms with Crippen molar-refractivity contribution in [3.63, 3.8) is 0 Å². The third-order valence-corrected chi connectivity index (χ3v) is 5.54. The fraction of sp³-hybridized carbons (Fsp3) is 0.556. The Hall–Kier alpha value is -0.860. The van der Waals surface area contributed by atoms with E-state index in [-0.39, 0.29) is 6.54 Å². The molecule has 1 fully saturated rings. The number of hydrogen-bond donors (Lipinski definition) is 3. The van der Waals surface area contributed by atoms with Crippen LogP contribution in [0, 0.1) is 6.92 Å². The van der Waals surface area contributed by atoms with Gasteiger partial charge >= 0.3 is 13.3 Å². The van der Waals surface area contributed by atoms with Crippen LogP contribution in [-0.4, -0.2) is 36.4 Å². The second-order valence-corrected chi connectivity index (χ2v) is 7.27. The van der Waals surface area contributed by atoms with Crippen LogP contribution in [0.5, 0.6) is 0 Å². The van der Waals surface area contributed by atoms with Crippen molar-refractivity contribution in [2.24, 2.45) is 0 Å². The number of aromatic amines is 1. The molecule has 0 spiro atoms. The molecule has 2 rings (SSSR count). The average Bonchev–Trinajstić information content (AvgIpc) is 2.78. The van der Waals surface area contributed by atoms with Gasteiger partial charge in [0.1, 0.15) is 0 Å². The summed E-state index contributed by atoms with van der Waals surface area (Å²) in [6.07, 6.45) is 0.743. The molecule has 106 valence electrons. The number of thioether (sulfide) groups is 1. The van der Waals surface area contributed by atoms with Crippen LogP contribution in [0.4, 0.5) is 0 Å². The lowest BCUT2D eigenvalue weighted by molar-refractivity contribution is 0.0754. The zero-order chi connectivity index (χ0) is 14.2. The van der Waals surface area contributed by atoms with Crippen molar-refractivity contribution >= 4 is 19.4 Å². The average molecular weight is 308 g/mol. The van der Waals surface area contributed by atoms with Crippen molar-refractivity contribution in [1.82, 2.24) is 9.55 Å². The van der Waals surface area contributed by atoms with Crippen LogP contribution >= 0.6 is 19.4 Å². The zero-order valence-corrected chi connectivity index (χ0v) is 11.7. The Labute approximate surface area is 112 Å². The zero-order valence-electron chi connectivity index (χ0n) is 9.98. The summed E-state index contributed by atoms with van der Waals surface area (Å²) in [7, 11) is -4.32. The summed E-state index contributed by atoms with van der Waals surface area (Å²) in [4.78, 5) is 43.7. The molecule has 3 N–H and O–H groups in total. The van der Waals surface area contributed by atoms with Gasteiger partial charge in [-0.15, -0.1) is 11.8 Å². The van der Waals surface area contributed by atoms with Crippen molar-refractivity contribution in [2.75, 3.05) is 5.75 Å². The highest BCUT2D eigenvalue weighted by Crippen LogP contribution is 2.51. The van der Waals surface area contributed by atoms with Gasteiger partial charge < -0.3 is 19.5 Å². The fourth-order valence-electron chi connectivity index (χ4n) is 1.69. The van der Waals surface area contributed by atoms with E-state index in [0.29, 0.717) is 11.3 Å². The summed E-state index contributed by atoms with van der Waals surface area (Å²) < 4.78 is 17.2. The van der Waals surface area contributed by atoms with Crippen LogP contribution in [0.25, 0.3) is 0 Å². The van der Waals surface area contributed by atoms with E-state index in [9.17, 15) is 14.2 Å². The second-order valence-electron chi connectivity index (χ2n) is 4.18. The summed E-state index contributed by atoms with van der Waals surface area (Å²) >= 11 is 0.980. The lowest BCUT2D eigenvalue weighted by Gasteiger charge is -2.14. The summed E-state index contributed by atoms with van der Waals surface area (Å²) in [6, 6.07) is 0. The Bertz CT molecular complexity index is 634. The molecule has 1 aliphatic rings. The number of H-pyrrole nitrogens is 1. The molecule has 1 aromatic heterocycles. The van der Waals surface area contributed by atoms with Crippen LogP contribution in [0.3, 0.4) is 0 Å². The molecule has 1 aromatic rings. The predicted molar refractivity (Wildman–Crippen MR) is 69.2 cm³/mol. The maximum atomic E-state index is 11.8. The molecule has 0 aliphatic carbocycles. The van der Waals surface area contributed by atoms with Crippen LogP contribution in [0.15, 0.2) is 15.8 Å². The lowest BCUT2D eigenvalue weighted by Crippen LogP contribution is -2.39. The Balaban J connectivity index is 2.17. The van der Waals surface area contributed by atoms with E-state index in [2.05, 4.69) is 4.98 Å². The Kier molecular flexibility index (Phi) is 4.03. The number of rotatable bonds is 3. The van der Waals surface area contributed by atoms with Crippen molar-refractivity contribution in [2.45, 2.75) is 24.7 Å². The topological polar surface area (TPSA) is 122 Å². The minimum Gasteiger partial charge on any atom is -0.349 e. The molecule has 2 heterocycles. The largest absolute Gasteiger partial charge is 0.364 e. The summed E-state index contributed by atoms with van der Waals surface area (Å²) in [5.41, 5.74) is -0.613. The van der Waals surface area contributed by atoms with Crippen molar-refractivity contribution in [3.05, 3.63) is 32.6 Å². The normalized spacial score (nSPS) is 23.7. The van der Waals surface area contributed by atoms with Crippen molar-refractivity contribution in [1.29, 1.82) is 0 Å². The third kappa shape index (κ3) is 3.18. The smallest absolute Gasteiger partial charge is 0.349 e. The van der Waals surface area contributed by atoms with Gasteiger partial charge in [0.15, 0.2) is 0 Å². The summed E-state index contributed by atoms with van der Waals surface area (Å²) in [6.45, 7) is 1.54. The molecule has 2 atom stereocenters. The Morgan fingerprint density at radius 1 is 1.58 bits per heavy atom. The Morgan fingerprint density at radius 3 is 2.84 bits per heavy atom. The van der Waals surface area contributed by atoms with E-state index in [0.717, 1.165) is 16.3 Å². The van der Waals surface area contributed by atoms with Crippen LogP contribution < -0.4 is 11.2 Å². The summed E-state index contributed by atoms with van der Waals surface area (Å²) in [5.74, 6) is 0.315. The monoisotopic (exact) mass is 308 g/mol. The lowest BCUT2D eigenvalue weighted by atomic mass is 10.3. The van der Waals surface area contributed by atoms with Crippen molar-refractivity contribution in [3.8, 4) is 0 Å². The molecule has 10 heteroatoms. The second kappa shape index (κ2) is 5.26. The highest BCUT2D eigenvalue weighted by molar-refractivity contribution is 8.05. The first-order valence-electron chi connectivity index (χ1n) is 5.40. The molecule has 0 bridgehead atoms. The van der Waals surface area contributed by atoms with Gasteiger partial charge in [0.25, 0.3) is 5.56 Å². The van der Waals surface area contributed by atoms with Gasteiger partial charge in [-0.05, 0) is 6.92 Å². The quantitative estimate of drug-likeness (QED) is 0.640. The van der Waals surface area contributed by atoms with Gasteiger partial charge in [0.2, 0.25) is 5.18 Å². The molecular formula is C9H13N2O6PS. The molecule has 8 nitrogen and oxygen atoms in total. The summed E-state index contributed by atoms with van der Waals surface area (Å²) in [5, 5.41) is -1.22. The number of nitrogens with zero attached hydrogens (tertiary/aromatic N) is 1. The molecule has 1 aliphatic heterocycles. The predicted octanol–water partition coefficient (Wildman–Crippen LogP) is -0.562. The maximum Gasteiger partial charge on any atom is 0.364 e. The number of nitrogens with one attached hydrogen (secondary N) is 1. The molecule has 0 radical (unpaired) electrons. The molecule has 1 saturated heterocycles. The first-order chi connectivity index (χ1) is 8.79. The van der Waals surface area contributed by atoms with Gasteiger partial charge in [-0.25, -0.2) is 4.79 Å². The number of hydrogen-bond acceptors (Lipinski definition) is 5. The van der Waals surface area contributed by atoms with E-state index in [1.165, 1.54) is 6.20 Å². The van der Waals surface area contributed by atoms with Gasteiger partial charge in [-0.1, -0.05) is 0 Å². The van der Waals surface area contributed by atoms with E-state index < -0.39 is 30.1 Å². The molecule has 0 saturated carbocycles. The van der Waals surface area contributed by atoms with E-state index >= 15 is 0 Å². The molecule has 0 amide bonds. The van der Waals surface area contributed by atoms with Gasteiger partial charge in [0.05, 0.1) is 12.6 Å². The third-order valence-electron chi connectivity index (χ3n) is 2.63. The number of aromatic nitrogens is 2. The highest BCUT2D eigenvalue weighted by Gasteiger charge is 2.38. The first-order valence-corrected chi connectivity index (χ1v) is 8.13. The van der Waals surface area contributed by atoms with E-state index in [4.69, 9.17) is 14.5 Å². The van der Waals surface area contributed by atoms with Crippen LogP contribution in [0.1, 0.15) is 5.56 Å². The van der Waals surface area contributed by atoms with Gasteiger partial charge in [0, 0.05) is 17.5 Å². The standard InChI is InChI=1S/C9H13N2O6PS/c1-5-2-10-8(13)11(7(5)12)3-6-4-19-9(17-6)18(14,15)16/h2,6,9H,3-4H2,1H3,(H,10,13)(H2,14,15,16). The molecule has 2 unspecified atom stereocenters. The van der Waals surface area contributed by atoms with Gasteiger partial charge in [-0.3, -0.25) is 13.9 Å². The van der Waals surface area contributed by atoms with Crippen molar-refractivity contribution < 1.29 is 19.1 Å². The minimum absolute atomic E-state index is 0.0284. The Morgan fingerprint density at radius 2 is 2.26 bits per heavy atom. The highest BCUT2D eigenvalue weighted by atomic mass is 32.2. The molecule has 19 heavy (non-hydrogen) atoms. The van der Waals surface area contributed by atoms with Crippen LogP contribution in [-0.2, 0) is 15.8 Å². The van der Waals surface area contributed by atoms with E-state index in [1.807, 2.05) is 0 Å². The minimum atomic E-state index is -4.32.